The van der Waals surface area contributed by atoms with Gasteiger partial charge in [0.25, 0.3) is 0 Å². The van der Waals surface area contributed by atoms with Crippen LogP contribution in [-0.2, 0) is 0 Å². The number of hydrogen-bond donors (Lipinski definition) is 2. The molecule has 1 aromatic rings. The Morgan fingerprint density at radius 2 is 2.09 bits per heavy atom. The summed E-state index contributed by atoms with van der Waals surface area (Å²) in [6, 6.07) is 4.00. The zero-order chi connectivity index (χ0) is 8.69. The Hall–Kier alpha value is -1.38. The highest BCUT2D eigenvalue weighted by atomic mass is 14.7. The topological polar surface area (TPSA) is 62.8 Å². The summed E-state index contributed by atoms with van der Waals surface area (Å²) in [6.45, 7) is 4.07. The molecule has 0 aliphatic rings. The highest BCUT2D eigenvalue weighted by molar-refractivity contribution is 5.46. The molecule has 0 saturated heterocycles. The van der Waals surface area contributed by atoms with Crippen LogP contribution >= 0.6 is 0 Å². The van der Waals surface area contributed by atoms with E-state index in [0.717, 1.165) is 12.0 Å². The molecular formula is C8H13N3. The maximum absolute atomic E-state index is 5.86. The Morgan fingerprint density at radius 1 is 1.55 bits per heavy atom. The minimum Gasteiger partial charge on any atom is -0.390 e. The highest BCUT2D eigenvalue weighted by Crippen LogP contribution is 1.98. The lowest BCUT2D eigenvalue weighted by molar-refractivity contribution is 1.15. The van der Waals surface area contributed by atoms with E-state index in [1.807, 2.05) is 19.2 Å². The van der Waals surface area contributed by atoms with Crippen molar-refractivity contribution in [2.75, 3.05) is 0 Å². The third kappa shape index (κ3) is 4.08. The van der Waals surface area contributed by atoms with E-state index in [1.54, 1.807) is 0 Å². The van der Waals surface area contributed by atoms with Gasteiger partial charge in [0.15, 0.2) is 0 Å². The van der Waals surface area contributed by atoms with Gasteiger partial charge < -0.3 is 5.73 Å². The summed E-state index contributed by atoms with van der Waals surface area (Å²) in [6.07, 6.45) is 2.56. The fourth-order valence-corrected chi connectivity index (χ4v) is 0.565. The molecule has 60 valence electrons. The number of nitrogens with zero attached hydrogens (tertiary/aromatic N) is 1. The molecule has 0 saturated carbocycles. The van der Waals surface area contributed by atoms with E-state index in [9.17, 15) is 0 Å². The van der Waals surface area contributed by atoms with Crippen LogP contribution in [0, 0.1) is 19.3 Å². The van der Waals surface area contributed by atoms with E-state index in [1.165, 1.54) is 5.56 Å². The van der Waals surface area contributed by atoms with Crippen LogP contribution in [0.3, 0.4) is 0 Å². The highest BCUT2D eigenvalue weighted by Gasteiger charge is 1.85. The first kappa shape index (κ1) is 9.62. The van der Waals surface area contributed by atoms with Crippen LogP contribution in [0.1, 0.15) is 11.3 Å². The van der Waals surface area contributed by atoms with Crippen LogP contribution in [0.4, 0.5) is 0 Å². The fraction of sp³-hybridized carbons (Fsp3) is 0.250. The van der Waals surface area contributed by atoms with Crippen molar-refractivity contribution >= 4 is 6.34 Å². The predicted octanol–water partition coefficient (Wildman–Crippen LogP) is 1.25. The minimum absolute atomic E-state index is 0.750. The van der Waals surface area contributed by atoms with Gasteiger partial charge in [0.1, 0.15) is 0 Å². The molecule has 3 nitrogen and oxygen atoms in total. The van der Waals surface area contributed by atoms with Gasteiger partial charge in [-0.2, -0.15) is 0 Å². The lowest BCUT2D eigenvalue weighted by Gasteiger charge is -1.92. The van der Waals surface area contributed by atoms with Gasteiger partial charge in [-0.1, -0.05) is 6.07 Å². The van der Waals surface area contributed by atoms with Crippen LogP contribution in [0.15, 0.2) is 18.3 Å². The summed E-state index contributed by atoms with van der Waals surface area (Å²) in [5.41, 5.74) is 6.76. The minimum atomic E-state index is 0.750. The van der Waals surface area contributed by atoms with Crippen molar-refractivity contribution in [1.82, 2.24) is 4.98 Å². The van der Waals surface area contributed by atoms with Gasteiger partial charge >= 0.3 is 0 Å². The number of aryl methyl sites for hydroxylation is 2. The SMILES string of the molecule is Cc1cccnc1C.N=CN. The van der Waals surface area contributed by atoms with Crippen molar-refractivity contribution in [2.45, 2.75) is 13.8 Å². The Labute approximate surface area is 66.8 Å². The molecule has 1 aromatic heterocycles. The molecule has 0 aliphatic carbocycles. The van der Waals surface area contributed by atoms with Crippen LogP contribution in [0.5, 0.6) is 0 Å². The lowest BCUT2D eigenvalue weighted by atomic mass is 10.2. The van der Waals surface area contributed by atoms with Crippen LogP contribution in [0.25, 0.3) is 0 Å². The molecule has 0 fully saturated rings. The molecule has 1 heterocycles. The van der Waals surface area contributed by atoms with Crippen molar-refractivity contribution < 1.29 is 0 Å². The van der Waals surface area contributed by atoms with Crippen molar-refractivity contribution in [3.63, 3.8) is 0 Å². The van der Waals surface area contributed by atoms with E-state index in [0.29, 0.717) is 0 Å². The van der Waals surface area contributed by atoms with E-state index < -0.39 is 0 Å². The Balaban J connectivity index is 0.000000292. The molecular weight excluding hydrogens is 138 g/mol. The summed E-state index contributed by atoms with van der Waals surface area (Å²) >= 11 is 0. The molecule has 0 spiro atoms. The summed E-state index contributed by atoms with van der Waals surface area (Å²) in [7, 11) is 0. The Morgan fingerprint density at radius 3 is 2.36 bits per heavy atom. The number of nitrogens with two attached hydrogens (primary N) is 1. The molecule has 0 unspecified atom stereocenters. The maximum Gasteiger partial charge on any atom is 0.0765 e. The van der Waals surface area contributed by atoms with Gasteiger partial charge in [0, 0.05) is 11.9 Å². The van der Waals surface area contributed by atoms with Gasteiger partial charge in [-0.25, -0.2) is 0 Å². The average molecular weight is 151 g/mol. The quantitative estimate of drug-likeness (QED) is 0.433. The normalized spacial score (nSPS) is 7.82. The second-order valence-corrected chi connectivity index (χ2v) is 2.07. The third-order valence-corrected chi connectivity index (χ3v) is 1.27. The summed E-state index contributed by atoms with van der Waals surface area (Å²) < 4.78 is 0. The molecule has 11 heavy (non-hydrogen) atoms. The van der Waals surface area contributed by atoms with Crippen LogP contribution in [-0.4, -0.2) is 11.3 Å². The lowest BCUT2D eigenvalue weighted by Crippen LogP contribution is -1.81. The fourth-order valence-electron chi connectivity index (χ4n) is 0.565. The van der Waals surface area contributed by atoms with Gasteiger partial charge in [0.2, 0.25) is 0 Å². The molecule has 0 radical (unpaired) electrons. The monoisotopic (exact) mass is 151 g/mol. The second kappa shape index (κ2) is 5.41. The maximum atomic E-state index is 5.86. The second-order valence-electron chi connectivity index (χ2n) is 2.07. The molecule has 1 rings (SSSR count). The summed E-state index contributed by atoms with van der Waals surface area (Å²) in [4.78, 5) is 4.08. The summed E-state index contributed by atoms with van der Waals surface area (Å²) in [5, 5.41) is 5.86. The zero-order valence-corrected chi connectivity index (χ0v) is 6.83. The number of aromatic nitrogens is 1. The van der Waals surface area contributed by atoms with E-state index >= 15 is 0 Å². The van der Waals surface area contributed by atoms with Gasteiger partial charge in [-0.15, -0.1) is 0 Å². The Bertz CT molecular complexity index is 199. The molecule has 0 aromatic carbocycles. The first-order valence-corrected chi connectivity index (χ1v) is 3.31. The average Bonchev–Trinajstić information content (AvgIpc) is 1.97. The van der Waals surface area contributed by atoms with E-state index in [4.69, 9.17) is 5.41 Å². The van der Waals surface area contributed by atoms with Gasteiger partial charge in [-0.05, 0) is 25.5 Å². The van der Waals surface area contributed by atoms with Gasteiger partial charge in [0.05, 0.1) is 6.34 Å². The van der Waals surface area contributed by atoms with Crippen molar-refractivity contribution in [1.29, 1.82) is 5.41 Å². The van der Waals surface area contributed by atoms with Crippen LogP contribution in [0.2, 0.25) is 0 Å². The molecule has 3 N–H and O–H groups in total. The standard InChI is InChI=1S/C7H9N.CH4N2/c1-6-4-3-5-8-7(6)2;2-1-3/h3-5H,1-2H3;1H,(H3,2,3). The Kier molecular flexibility index (Phi) is 4.73. The first-order valence-electron chi connectivity index (χ1n) is 3.31. The molecule has 0 amide bonds. The predicted molar refractivity (Wildman–Crippen MR) is 46.7 cm³/mol. The smallest absolute Gasteiger partial charge is 0.0765 e. The van der Waals surface area contributed by atoms with Crippen LogP contribution < -0.4 is 5.73 Å². The number of pyridine rings is 1. The van der Waals surface area contributed by atoms with E-state index in [-0.39, 0.29) is 0 Å². The number of nitrogens with one attached hydrogen (secondary N) is 1. The first-order chi connectivity index (χ1) is 5.22. The molecule has 3 heteroatoms. The van der Waals surface area contributed by atoms with E-state index in [2.05, 4.69) is 23.7 Å². The molecule has 0 bridgehead atoms. The number of hydrogen-bond acceptors (Lipinski definition) is 2. The zero-order valence-electron chi connectivity index (χ0n) is 6.83. The van der Waals surface area contributed by atoms with Crippen molar-refractivity contribution in [3.05, 3.63) is 29.6 Å². The largest absolute Gasteiger partial charge is 0.390 e. The molecule has 0 aliphatic heterocycles. The van der Waals surface area contributed by atoms with Crippen molar-refractivity contribution in [3.8, 4) is 0 Å². The summed E-state index contributed by atoms with van der Waals surface area (Å²) in [5.74, 6) is 0. The van der Waals surface area contributed by atoms with Gasteiger partial charge in [-0.3, -0.25) is 10.4 Å². The van der Waals surface area contributed by atoms with Crippen molar-refractivity contribution in [2.24, 2.45) is 5.73 Å². The molecule has 0 atom stereocenters. The number of rotatable bonds is 0. The third-order valence-electron chi connectivity index (χ3n) is 1.27.